The summed E-state index contributed by atoms with van der Waals surface area (Å²) in [5, 5.41) is 2.92. The Morgan fingerprint density at radius 1 is 1.37 bits per heavy atom. The van der Waals surface area contributed by atoms with Crippen molar-refractivity contribution in [2.75, 3.05) is 20.6 Å². The first-order valence-electron chi connectivity index (χ1n) is 5.81. The molecule has 0 aliphatic rings. The lowest BCUT2D eigenvalue weighted by Crippen LogP contribution is -2.39. The van der Waals surface area contributed by atoms with Crippen LogP contribution >= 0.6 is 23.4 Å². The molecule has 0 fully saturated rings. The number of hydrogen-bond acceptors (Lipinski definition) is 3. The average molecular weight is 301 g/mol. The minimum absolute atomic E-state index is 0.0131. The smallest absolute Gasteiger partial charge is 0.241 e. The predicted octanol–water partition coefficient (Wildman–Crippen LogP) is 2.02. The number of halogens is 1. The fraction of sp³-hybridized carbons (Fsp3) is 0.385. The van der Waals surface area contributed by atoms with Crippen LogP contribution in [0, 0.1) is 0 Å². The molecule has 19 heavy (non-hydrogen) atoms. The molecule has 6 heteroatoms. The summed E-state index contributed by atoms with van der Waals surface area (Å²) < 4.78 is 0. The molecule has 0 bridgehead atoms. The van der Waals surface area contributed by atoms with E-state index >= 15 is 0 Å². The Bertz CT molecular complexity index is 466. The lowest BCUT2D eigenvalue weighted by Gasteiger charge is -2.14. The monoisotopic (exact) mass is 300 g/mol. The fourth-order valence-electron chi connectivity index (χ4n) is 1.25. The molecule has 0 saturated heterocycles. The number of thioether (sulfide) groups is 1. The number of hydrogen-bond donors (Lipinski definition) is 1. The number of nitrogens with zero attached hydrogens (tertiary/aromatic N) is 1. The van der Waals surface area contributed by atoms with Crippen LogP contribution in [-0.2, 0) is 9.59 Å². The molecule has 1 aromatic carbocycles. The minimum Gasteiger partial charge on any atom is -0.347 e. The maximum absolute atomic E-state index is 11.8. The highest BCUT2D eigenvalue weighted by atomic mass is 35.5. The van der Waals surface area contributed by atoms with E-state index in [1.54, 1.807) is 27.1 Å². The lowest BCUT2D eigenvalue weighted by atomic mass is 10.4. The maximum Gasteiger partial charge on any atom is 0.241 e. The summed E-state index contributed by atoms with van der Waals surface area (Å²) in [5.74, 6) is -0.316. The van der Waals surface area contributed by atoms with E-state index in [2.05, 4.69) is 5.32 Å². The van der Waals surface area contributed by atoms with Crippen LogP contribution in [0.2, 0.25) is 5.02 Å². The Hall–Kier alpha value is -1.20. The van der Waals surface area contributed by atoms with Gasteiger partial charge in [-0.25, -0.2) is 0 Å². The summed E-state index contributed by atoms with van der Waals surface area (Å²) in [7, 11) is 3.30. The van der Waals surface area contributed by atoms with Gasteiger partial charge in [0.2, 0.25) is 11.8 Å². The zero-order valence-electron chi connectivity index (χ0n) is 11.1. The Morgan fingerprint density at radius 3 is 2.58 bits per heavy atom. The van der Waals surface area contributed by atoms with Gasteiger partial charge >= 0.3 is 0 Å². The normalized spacial score (nSPS) is 11.8. The van der Waals surface area contributed by atoms with Crippen molar-refractivity contribution in [3.8, 4) is 0 Å². The van der Waals surface area contributed by atoms with Crippen LogP contribution < -0.4 is 5.32 Å². The van der Waals surface area contributed by atoms with Crippen molar-refractivity contribution in [2.45, 2.75) is 17.1 Å². The van der Waals surface area contributed by atoms with Crippen molar-refractivity contribution in [2.24, 2.45) is 0 Å². The summed E-state index contributed by atoms with van der Waals surface area (Å²) >= 11 is 7.40. The van der Waals surface area contributed by atoms with Crippen molar-refractivity contribution in [1.82, 2.24) is 10.2 Å². The number of benzene rings is 1. The van der Waals surface area contributed by atoms with E-state index in [1.807, 2.05) is 18.2 Å². The molecule has 1 atom stereocenters. The highest BCUT2D eigenvalue weighted by Crippen LogP contribution is 2.29. The third kappa shape index (κ3) is 5.12. The number of amides is 2. The van der Waals surface area contributed by atoms with E-state index in [-0.39, 0.29) is 23.6 Å². The largest absolute Gasteiger partial charge is 0.347 e. The molecule has 4 nitrogen and oxygen atoms in total. The molecule has 0 aromatic heterocycles. The van der Waals surface area contributed by atoms with E-state index in [0.717, 1.165) is 4.90 Å². The van der Waals surface area contributed by atoms with Gasteiger partial charge in [0.1, 0.15) is 0 Å². The van der Waals surface area contributed by atoms with Crippen LogP contribution in [0.4, 0.5) is 0 Å². The molecule has 1 aromatic rings. The van der Waals surface area contributed by atoms with Gasteiger partial charge in [-0.05, 0) is 19.1 Å². The van der Waals surface area contributed by atoms with Gasteiger partial charge in [-0.2, -0.15) is 0 Å². The Labute approximate surface area is 122 Å². The third-order valence-corrected chi connectivity index (χ3v) is 4.04. The maximum atomic E-state index is 11.8. The summed E-state index contributed by atoms with van der Waals surface area (Å²) in [6.07, 6.45) is 0. The van der Waals surface area contributed by atoms with Crippen LogP contribution in [0.15, 0.2) is 29.2 Å². The Kier molecular flexibility index (Phi) is 6.18. The number of rotatable bonds is 5. The molecule has 104 valence electrons. The van der Waals surface area contributed by atoms with Crippen LogP contribution in [0.5, 0.6) is 0 Å². The number of nitrogens with one attached hydrogen (secondary N) is 1. The van der Waals surface area contributed by atoms with Gasteiger partial charge in [0, 0.05) is 19.0 Å². The van der Waals surface area contributed by atoms with Crippen LogP contribution in [0.25, 0.3) is 0 Å². The molecular formula is C13H17ClN2O2S. The van der Waals surface area contributed by atoms with E-state index in [4.69, 9.17) is 11.6 Å². The standard InChI is InChI=1S/C13H17ClN2O2S/c1-9(13(18)15-8-12(17)16(2)3)19-11-7-5-4-6-10(11)14/h4-7,9H,8H2,1-3H3,(H,15,18)/t9-/m1/s1. The lowest BCUT2D eigenvalue weighted by molar-refractivity contribution is -0.130. The molecule has 0 aliphatic heterocycles. The van der Waals surface area contributed by atoms with Gasteiger partial charge in [-0.15, -0.1) is 11.8 Å². The predicted molar refractivity (Wildman–Crippen MR) is 78.5 cm³/mol. The molecule has 0 heterocycles. The minimum atomic E-state index is -0.310. The molecule has 0 unspecified atom stereocenters. The fourth-order valence-corrected chi connectivity index (χ4v) is 2.43. The second-order valence-electron chi connectivity index (χ2n) is 4.20. The first kappa shape index (κ1) is 15.9. The van der Waals surface area contributed by atoms with Gasteiger partial charge in [0.05, 0.1) is 16.8 Å². The van der Waals surface area contributed by atoms with E-state index in [1.165, 1.54) is 16.7 Å². The molecule has 1 N–H and O–H groups in total. The van der Waals surface area contributed by atoms with E-state index in [0.29, 0.717) is 5.02 Å². The summed E-state index contributed by atoms with van der Waals surface area (Å²) in [4.78, 5) is 25.5. The van der Waals surface area contributed by atoms with Gasteiger partial charge in [0.15, 0.2) is 0 Å². The van der Waals surface area contributed by atoms with Crippen LogP contribution in [0.1, 0.15) is 6.92 Å². The van der Waals surface area contributed by atoms with Gasteiger partial charge in [-0.1, -0.05) is 23.7 Å². The van der Waals surface area contributed by atoms with Crippen molar-refractivity contribution in [3.63, 3.8) is 0 Å². The Morgan fingerprint density at radius 2 is 2.00 bits per heavy atom. The molecule has 0 radical (unpaired) electrons. The number of carbonyl (C=O) groups excluding carboxylic acids is 2. The van der Waals surface area contributed by atoms with Crippen LogP contribution in [0.3, 0.4) is 0 Å². The molecule has 0 aliphatic carbocycles. The first-order chi connectivity index (χ1) is 8.91. The molecule has 2 amide bonds. The van der Waals surface area contributed by atoms with Gasteiger partial charge < -0.3 is 10.2 Å². The molecule has 1 rings (SSSR count). The van der Waals surface area contributed by atoms with E-state index in [9.17, 15) is 9.59 Å². The van der Waals surface area contributed by atoms with Crippen molar-refractivity contribution in [3.05, 3.63) is 29.3 Å². The highest BCUT2D eigenvalue weighted by Gasteiger charge is 2.16. The van der Waals surface area contributed by atoms with Crippen molar-refractivity contribution >= 4 is 35.2 Å². The number of likely N-dealkylation sites (N-methyl/N-ethyl adjacent to an activating group) is 1. The second kappa shape index (κ2) is 7.40. The van der Waals surface area contributed by atoms with Gasteiger partial charge in [0.25, 0.3) is 0 Å². The first-order valence-corrected chi connectivity index (χ1v) is 7.06. The second-order valence-corrected chi connectivity index (χ2v) is 5.99. The van der Waals surface area contributed by atoms with Crippen molar-refractivity contribution in [1.29, 1.82) is 0 Å². The van der Waals surface area contributed by atoms with Gasteiger partial charge in [-0.3, -0.25) is 9.59 Å². The summed E-state index contributed by atoms with van der Waals surface area (Å²) in [6.45, 7) is 1.79. The zero-order chi connectivity index (χ0) is 14.4. The average Bonchev–Trinajstić information content (AvgIpc) is 2.37. The highest BCUT2D eigenvalue weighted by molar-refractivity contribution is 8.00. The number of carbonyl (C=O) groups is 2. The zero-order valence-corrected chi connectivity index (χ0v) is 12.7. The summed E-state index contributed by atoms with van der Waals surface area (Å²) in [6, 6.07) is 7.35. The molecular weight excluding hydrogens is 284 g/mol. The summed E-state index contributed by atoms with van der Waals surface area (Å²) in [5.41, 5.74) is 0. The molecule has 0 saturated carbocycles. The van der Waals surface area contributed by atoms with E-state index < -0.39 is 0 Å². The quantitative estimate of drug-likeness (QED) is 0.847. The topological polar surface area (TPSA) is 49.4 Å². The third-order valence-electron chi connectivity index (χ3n) is 2.42. The SMILES string of the molecule is C[C@@H](Sc1ccccc1Cl)C(=O)NCC(=O)N(C)C. The van der Waals surface area contributed by atoms with Crippen molar-refractivity contribution < 1.29 is 9.59 Å². The van der Waals surface area contributed by atoms with Crippen LogP contribution in [-0.4, -0.2) is 42.6 Å². The molecule has 0 spiro atoms. The Balaban J connectivity index is 2.50.